The summed E-state index contributed by atoms with van der Waals surface area (Å²) in [6.07, 6.45) is 0. The number of nitrogens with two attached hydrogens (primary N) is 4. The van der Waals surface area contributed by atoms with Gasteiger partial charge in [0, 0.05) is 17.4 Å². The molecule has 20 heavy (non-hydrogen) atoms. The third kappa shape index (κ3) is 12.0. The Morgan fingerprint density at radius 1 is 0.950 bits per heavy atom. The molecule has 0 atom stereocenters. The van der Waals surface area contributed by atoms with Crippen LogP contribution in [0.4, 0.5) is 23.0 Å². The van der Waals surface area contributed by atoms with Gasteiger partial charge in [0.1, 0.15) is 11.6 Å². The van der Waals surface area contributed by atoms with Crippen molar-refractivity contribution in [3.05, 3.63) is 30.3 Å². The summed E-state index contributed by atoms with van der Waals surface area (Å²) in [7, 11) is -4.67. The maximum absolute atomic E-state index is 8.74. The van der Waals surface area contributed by atoms with Crippen LogP contribution in [0.5, 0.6) is 0 Å². The highest BCUT2D eigenvalue weighted by Crippen LogP contribution is 2.04. The molecule has 2 rings (SSSR count). The molecule has 0 aliphatic heterocycles. The molecule has 0 aliphatic rings. The van der Waals surface area contributed by atoms with Crippen LogP contribution in [0.3, 0.4) is 0 Å². The van der Waals surface area contributed by atoms with E-state index >= 15 is 0 Å². The molecule has 0 saturated carbocycles. The topological polar surface area (TPSA) is 207 Å². The van der Waals surface area contributed by atoms with E-state index in [1.54, 1.807) is 30.3 Å². The highest BCUT2D eigenvalue weighted by molar-refractivity contribution is 7.79. The number of nitrogens with zero attached hydrogens (tertiary/aromatic N) is 1. The molecule has 112 valence electrons. The number of rotatable bonds is 0. The van der Waals surface area contributed by atoms with Crippen LogP contribution in [0.25, 0.3) is 0 Å². The van der Waals surface area contributed by atoms with Crippen molar-refractivity contribution in [2.75, 3.05) is 22.9 Å². The summed E-state index contributed by atoms with van der Waals surface area (Å²) >= 11 is 0. The Bertz CT molecular complexity index is 564. The number of aromatic nitrogens is 2. The normalized spacial score (nSPS) is 9.70. The highest BCUT2D eigenvalue weighted by Gasteiger charge is 1.86. The van der Waals surface area contributed by atoms with E-state index in [2.05, 4.69) is 10.2 Å². The van der Waals surface area contributed by atoms with E-state index in [0.717, 1.165) is 11.4 Å². The molecule has 11 N–H and O–H groups in total. The van der Waals surface area contributed by atoms with Gasteiger partial charge in [0.2, 0.25) is 0 Å². The van der Waals surface area contributed by atoms with Crippen molar-refractivity contribution < 1.29 is 17.5 Å². The Morgan fingerprint density at radius 2 is 1.30 bits per heavy atom. The predicted molar refractivity (Wildman–Crippen MR) is 76.9 cm³/mol. The Hall–Kier alpha value is -2.50. The van der Waals surface area contributed by atoms with Crippen LogP contribution in [0.2, 0.25) is 0 Å². The van der Waals surface area contributed by atoms with Gasteiger partial charge in [-0.3, -0.25) is 14.2 Å². The van der Waals surface area contributed by atoms with Crippen LogP contribution in [0.1, 0.15) is 0 Å². The zero-order valence-corrected chi connectivity index (χ0v) is 11.1. The number of hydrogen-bond acceptors (Lipinski definition) is 7. The second-order valence-electron chi connectivity index (χ2n) is 3.36. The van der Waals surface area contributed by atoms with Crippen LogP contribution < -0.4 is 22.9 Å². The first kappa shape index (κ1) is 17.5. The first-order valence-corrected chi connectivity index (χ1v) is 6.35. The number of hydrogen-bond donors (Lipinski definition) is 7. The average Bonchev–Trinajstić information content (AvgIpc) is 2.65. The third-order valence-corrected chi connectivity index (χ3v) is 1.55. The largest absolute Gasteiger partial charge is 0.399 e. The van der Waals surface area contributed by atoms with Crippen LogP contribution in [0.15, 0.2) is 30.3 Å². The van der Waals surface area contributed by atoms with Gasteiger partial charge in [0.15, 0.2) is 0 Å². The zero-order valence-electron chi connectivity index (χ0n) is 10.3. The smallest absolute Gasteiger partial charge is 0.394 e. The fourth-order valence-electron chi connectivity index (χ4n) is 0.849. The average molecular weight is 304 g/mol. The minimum atomic E-state index is -4.67. The molecule has 11 heteroatoms. The van der Waals surface area contributed by atoms with Crippen LogP contribution >= 0.6 is 0 Å². The maximum Gasteiger partial charge on any atom is 0.394 e. The molecular formula is C9H16N6O4S. The second-order valence-corrected chi connectivity index (χ2v) is 4.26. The van der Waals surface area contributed by atoms with E-state index in [9.17, 15) is 0 Å². The molecule has 2 aromatic rings. The molecule has 10 nitrogen and oxygen atoms in total. The minimum Gasteiger partial charge on any atom is -0.399 e. The fourth-order valence-corrected chi connectivity index (χ4v) is 0.849. The van der Waals surface area contributed by atoms with Gasteiger partial charge >= 0.3 is 10.4 Å². The molecule has 0 saturated heterocycles. The van der Waals surface area contributed by atoms with Crippen LogP contribution in [-0.2, 0) is 10.4 Å². The summed E-state index contributed by atoms with van der Waals surface area (Å²) in [4.78, 5) is 0. The number of anilines is 4. The quantitative estimate of drug-likeness (QED) is 0.253. The highest BCUT2D eigenvalue weighted by atomic mass is 32.3. The van der Waals surface area contributed by atoms with E-state index in [1.807, 2.05) is 0 Å². The molecular weight excluding hydrogens is 288 g/mol. The van der Waals surface area contributed by atoms with Gasteiger partial charge in [0.05, 0.1) is 0 Å². The molecule has 0 spiro atoms. The molecule has 1 heterocycles. The number of H-pyrrole nitrogens is 1. The number of benzene rings is 1. The molecule has 0 radical (unpaired) electrons. The maximum atomic E-state index is 8.74. The standard InChI is InChI=1S/C6H8N2.C3H6N4.H2O4S/c7-5-1-2-6(8)4-3-5;4-2-1-3(5)7-6-2;1-5(2,3)4/h1-4H,7-8H2;1H,(H5,4,5,6,7);(H2,1,2,3,4). The SMILES string of the molecule is Nc1cc(N)[nH]n1.Nc1ccc(N)cc1.O=S(=O)(O)O. The third-order valence-electron chi connectivity index (χ3n) is 1.55. The lowest BCUT2D eigenvalue weighted by molar-refractivity contribution is 0.381. The van der Waals surface area contributed by atoms with E-state index in [1.165, 1.54) is 0 Å². The molecule has 1 aromatic heterocycles. The van der Waals surface area contributed by atoms with E-state index in [-0.39, 0.29) is 0 Å². The summed E-state index contributed by atoms with van der Waals surface area (Å²) in [6, 6.07) is 8.65. The van der Waals surface area contributed by atoms with Crippen molar-refractivity contribution >= 4 is 33.4 Å². The van der Waals surface area contributed by atoms with Crippen molar-refractivity contribution in [1.82, 2.24) is 10.2 Å². The lowest BCUT2D eigenvalue weighted by atomic mass is 10.3. The predicted octanol–water partition coefficient (Wildman–Crippen LogP) is -0.228. The van der Waals surface area contributed by atoms with Gasteiger partial charge in [-0.05, 0) is 24.3 Å². The van der Waals surface area contributed by atoms with Crippen molar-refractivity contribution in [3.63, 3.8) is 0 Å². The second kappa shape index (κ2) is 7.83. The van der Waals surface area contributed by atoms with Gasteiger partial charge in [-0.2, -0.15) is 13.5 Å². The van der Waals surface area contributed by atoms with E-state index < -0.39 is 10.4 Å². The van der Waals surface area contributed by atoms with Crippen LogP contribution in [-0.4, -0.2) is 27.7 Å². The lowest BCUT2D eigenvalue weighted by Gasteiger charge is -1.90. The molecule has 0 bridgehead atoms. The Balaban J connectivity index is 0.000000280. The van der Waals surface area contributed by atoms with Crippen molar-refractivity contribution in [1.29, 1.82) is 0 Å². The number of nitrogen functional groups attached to an aromatic ring is 4. The van der Waals surface area contributed by atoms with Crippen molar-refractivity contribution in [3.8, 4) is 0 Å². The summed E-state index contributed by atoms with van der Waals surface area (Å²) in [5, 5.41) is 6.02. The van der Waals surface area contributed by atoms with Gasteiger partial charge in [-0.1, -0.05) is 0 Å². The first-order valence-electron chi connectivity index (χ1n) is 4.95. The van der Waals surface area contributed by atoms with Gasteiger partial charge in [-0.25, -0.2) is 0 Å². The summed E-state index contributed by atoms with van der Waals surface area (Å²) in [5.41, 5.74) is 22.6. The Labute approximate surface area is 115 Å². The van der Waals surface area contributed by atoms with Gasteiger partial charge in [0.25, 0.3) is 0 Å². The first-order chi connectivity index (χ1) is 9.08. The van der Waals surface area contributed by atoms with Gasteiger partial charge < -0.3 is 22.9 Å². The summed E-state index contributed by atoms with van der Waals surface area (Å²) in [6.45, 7) is 0. The summed E-state index contributed by atoms with van der Waals surface area (Å²) in [5.74, 6) is 0.926. The fraction of sp³-hybridized carbons (Fsp3) is 0. The molecule has 0 fully saturated rings. The number of aromatic amines is 1. The molecule has 0 aliphatic carbocycles. The molecule has 0 unspecified atom stereocenters. The Kier molecular flexibility index (Phi) is 6.85. The van der Waals surface area contributed by atoms with Crippen molar-refractivity contribution in [2.45, 2.75) is 0 Å². The van der Waals surface area contributed by atoms with Crippen LogP contribution in [0, 0.1) is 0 Å². The molecule has 1 aromatic carbocycles. The summed E-state index contributed by atoms with van der Waals surface area (Å²) < 4.78 is 31.6. The lowest BCUT2D eigenvalue weighted by Crippen LogP contribution is -1.89. The zero-order chi connectivity index (χ0) is 15.8. The molecule has 0 amide bonds. The van der Waals surface area contributed by atoms with Crippen molar-refractivity contribution in [2.24, 2.45) is 0 Å². The van der Waals surface area contributed by atoms with E-state index in [0.29, 0.717) is 11.6 Å². The van der Waals surface area contributed by atoms with Gasteiger partial charge in [-0.15, -0.1) is 0 Å². The Morgan fingerprint density at radius 3 is 1.45 bits per heavy atom. The van der Waals surface area contributed by atoms with E-state index in [4.69, 9.17) is 40.5 Å². The monoisotopic (exact) mass is 304 g/mol. The number of nitrogens with one attached hydrogen (secondary N) is 1. The minimum absolute atomic E-state index is 0.428.